The Morgan fingerprint density at radius 3 is 2.45 bits per heavy atom. The minimum Gasteiger partial charge on any atom is -0.466 e. The van der Waals surface area contributed by atoms with Crippen LogP contribution in [0, 0.1) is 22.7 Å². The monoisotopic (exact) mass is 309 g/mol. The highest BCUT2D eigenvalue weighted by molar-refractivity contribution is 5.69. The first kappa shape index (κ1) is 17.8. The van der Waals surface area contributed by atoms with Crippen LogP contribution in [0.4, 0.5) is 0 Å². The second-order valence-electron chi connectivity index (χ2n) is 9.03. The van der Waals surface area contributed by atoms with Gasteiger partial charge < -0.3 is 10.1 Å². The second-order valence-corrected chi connectivity index (χ2v) is 9.03. The molecule has 3 nitrogen and oxygen atoms in total. The SMILES string of the molecule is CCOC(=O)CCC(C)(C)CC(C)(C)CNC1CC1C1CC1. The number of ether oxygens (including phenoxy) is 1. The predicted octanol–water partition coefficient (Wildman–Crippen LogP) is 4.16. The van der Waals surface area contributed by atoms with Crippen LogP contribution in [0.3, 0.4) is 0 Å². The maximum Gasteiger partial charge on any atom is 0.305 e. The van der Waals surface area contributed by atoms with Crippen molar-refractivity contribution >= 4 is 5.97 Å². The van der Waals surface area contributed by atoms with E-state index in [1.165, 1.54) is 19.3 Å². The molecule has 2 aliphatic carbocycles. The Bertz CT molecular complexity index is 385. The fourth-order valence-corrected chi connectivity index (χ4v) is 4.02. The van der Waals surface area contributed by atoms with Gasteiger partial charge in [-0.3, -0.25) is 4.79 Å². The highest BCUT2D eigenvalue weighted by atomic mass is 16.5. The second kappa shape index (κ2) is 6.90. The van der Waals surface area contributed by atoms with Crippen LogP contribution < -0.4 is 5.32 Å². The lowest BCUT2D eigenvalue weighted by atomic mass is 9.73. The maximum atomic E-state index is 11.5. The molecular weight excluding hydrogens is 274 g/mol. The van der Waals surface area contributed by atoms with Gasteiger partial charge in [-0.25, -0.2) is 0 Å². The van der Waals surface area contributed by atoms with Gasteiger partial charge in [-0.15, -0.1) is 0 Å². The third-order valence-corrected chi connectivity index (χ3v) is 5.18. The van der Waals surface area contributed by atoms with Gasteiger partial charge in [0.15, 0.2) is 0 Å². The molecule has 0 amide bonds. The van der Waals surface area contributed by atoms with Crippen molar-refractivity contribution in [2.24, 2.45) is 22.7 Å². The molecule has 0 aromatic heterocycles. The van der Waals surface area contributed by atoms with Crippen molar-refractivity contribution in [1.29, 1.82) is 0 Å². The van der Waals surface area contributed by atoms with Crippen LogP contribution in [-0.2, 0) is 9.53 Å². The summed E-state index contributed by atoms with van der Waals surface area (Å²) in [5.74, 6) is 1.96. The van der Waals surface area contributed by atoms with E-state index in [9.17, 15) is 4.79 Å². The number of nitrogens with one attached hydrogen (secondary N) is 1. The Hall–Kier alpha value is -0.570. The first-order valence-electron chi connectivity index (χ1n) is 9.11. The van der Waals surface area contributed by atoms with Gasteiger partial charge in [-0.2, -0.15) is 0 Å². The Balaban J connectivity index is 1.68. The first-order chi connectivity index (χ1) is 10.2. The highest BCUT2D eigenvalue weighted by Crippen LogP contribution is 2.50. The van der Waals surface area contributed by atoms with Crippen LogP contribution in [0.25, 0.3) is 0 Å². The molecule has 0 bridgehead atoms. The van der Waals surface area contributed by atoms with Crippen molar-refractivity contribution in [3.05, 3.63) is 0 Å². The summed E-state index contributed by atoms with van der Waals surface area (Å²) in [6, 6.07) is 0.786. The molecule has 0 saturated heterocycles. The Kier molecular flexibility index (Phi) is 5.58. The summed E-state index contributed by atoms with van der Waals surface area (Å²) in [6.07, 6.45) is 6.90. The van der Waals surface area contributed by atoms with E-state index in [1.807, 2.05) is 6.92 Å². The third-order valence-electron chi connectivity index (χ3n) is 5.18. The van der Waals surface area contributed by atoms with Crippen LogP contribution in [0.1, 0.15) is 73.1 Å². The molecule has 2 aliphatic rings. The zero-order chi connectivity index (χ0) is 16.4. The Labute approximate surface area is 136 Å². The molecule has 128 valence electrons. The van der Waals surface area contributed by atoms with Gasteiger partial charge in [-0.05, 0) is 61.7 Å². The molecule has 2 unspecified atom stereocenters. The zero-order valence-corrected chi connectivity index (χ0v) is 15.2. The number of hydrogen-bond acceptors (Lipinski definition) is 3. The quantitative estimate of drug-likeness (QED) is 0.616. The van der Waals surface area contributed by atoms with Crippen LogP contribution >= 0.6 is 0 Å². The van der Waals surface area contributed by atoms with Gasteiger partial charge in [0, 0.05) is 19.0 Å². The zero-order valence-electron chi connectivity index (χ0n) is 15.2. The molecule has 2 saturated carbocycles. The molecule has 0 radical (unpaired) electrons. The van der Waals surface area contributed by atoms with E-state index in [2.05, 4.69) is 33.0 Å². The van der Waals surface area contributed by atoms with E-state index in [1.54, 1.807) is 0 Å². The van der Waals surface area contributed by atoms with E-state index in [0.29, 0.717) is 13.0 Å². The number of esters is 1. The van der Waals surface area contributed by atoms with Crippen molar-refractivity contribution < 1.29 is 9.53 Å². The highest BCUT2D eigenvalue weighted by Gasteiger charge is 2.47. The van der Waals surface area contributed by atoms with Crippen molar-refractivity contribution in [3.8, 4) is 0 Å². The van der Waals surface area contributed by atoms with E-state index in [-0.39, 0.29) is 16.8 Å². The minimum absolute atomic E-state index is 0.0586. The van der Waals surface area contributed by atoms with Crippen molar-refractivity contribution in [3.63, 3.8) is 0 Å². The molecule has 3 heteroatoms. The summed E-state index contributed by atoms with van der Waals surface area (Å²) in [6.45, 7) is 12.7. The summed E-state index contributed by atoms with van der Waals surface area (Å²) in [7, 11) is 0. The third kappa shape index (κ3) is 5.91. The molecule has 1 N–H and O–H groups in total. The number of carbonyl (C=O) groups excluding carboxylic acids is 1. The van der Waals surface area contributed by atoms with E-state index in [0.717, 1.165) is 37.3 Å². The molecule has 0 heterocycles. The molecule has 22 heavy (non-hydrogen) atoms. The normalized spacial score (nSPS) is 25.1. The largest absolute Gasteiger partial charge is 0.466 e. The molecule has 0 aliphatic heterocycles. The minimum atomic E-state index is -0.0586. The number of hydrogen-bond donors (Lipinski definition) is 1. The lowest BCUT2D eigenvalue weighted by molar-refractivity contribution is -0.143. The predicted molar refractivity (Wildman–Crippen MR) is 90.7 cm³/mol. The number of rotatable bonds is 10. The van der Waals surface area contributed by atoms with Gasteiger partial charge in [0.2, 0.25) is 0 Å². The topological polar surface area (TPSA) is 38.3 Å². The molecule has 0 spiro atoms. The van der Waals surface area contributed by atoms with Crippen LogP contribution in [0.2, 0.25) is 0 Å². The summed E-state index contributed by atoms with van der Waals surface area (Å²) in [5.41, 5.74) is 0.451. The van der Waals surface area contributed by atoms with Crippen LogP contribution in [0.5, 0.6) is 0 Å². The standard InChI is InChI=1S/C19H35NO2/c1-6-22-17(21)9-10-18(2,3)12-19(4,5)13-20-16-11-15(16)14-7-8-14/h14-16,20H,6-13H2,1-5H3. The van der Waals surface area contributed by atoms with Gasteiger partial charge in [0.25, 0.3) is 0 Å². The van der Waals surface area contributed by atoms with Gasteiger partial charge in [0.1, 0.15) is 0 Å². The molecule has 0 aromatic carbocycles. The Morgan fingerprint density at radius 1 is 1.18 bits per heavy atom. The number of carbonyl (C=O) groups is 1. The fourth-order valence-electron chi connectivity index (χ4n) is 4.02. The van der Waals surface area contributed by atoms with Crippen LogP contribution in [0.15, 0.2) is 0 Å². The molecule has 2 rings (SSSR count). The van der Waals surface area contributed by atoms with Gasteiger partial charge >= 0.3 is 5.97 Å². The van der Waals surface area contributed by atoms with E-state index in [4.69, 9.17) is 4.74 Å². The molecule has 2 atom stereocenters. The smallest absolute Gasteiger partial charge is 0.305 e. The van der Waals surface area contributed by atoms with Crippen molar-refractivity contribution in [2.45, 2.75) is 79.2 Å². The first-order valence-corrected chi connectivity index (χ1v) is 9.11. The van der Waals surface area contributed by atoms with Crippen molar-refractivity contribution in [2.75, 3.05) is 13.2 Å². The lowest BCUT2D eigenvalue weighted by Gasteiger charge is -2.35. The summed E-state index contributed by atoms with van der Waals surface area (Å²) < 4.78 is 5.04. The summed E-state index contributed by atoms with van der Waals surface area (Å²) in [5, 5.41) is 3.78. The van der Waals surface area contributed by atoms with E-state index >= 15 is 0 Å². The molecular formula is C19H35NO2. The molecule has 0 aromatic rings. The average molecular weight is 309 g/mol. The Morgan fingerprint density at radius 2 is 1.86 bits per heavy atom. The summed E-state index contributed by atoms with van der Waals surface area (Å²) in [4.78, 5) is 11.5. The van der Waals surface area contributed by atoms with Crippen molar-refractivity contribution in [1.82, 2.24) is 5.32 Å². The van der Waals surface area contributed by atoms with Gasteiger partial charge in [-0.1, -0.05) is 27.7 Å². The van der Waals surface area contributed by atoms with Crippen LogP contribution in [-0.4, -0.2) is 25.2 Å². The lowest BCUT2D eigenvalue weighted by Crippen LogP contribution is -2.35. The van der Waals surface area contributed by atoms with Gasteiger partial charge in [0.05, 0.1) is 6.61 Å². The fraction of sp³-hybridized carbons (Fsp3) is 0.947. The summed E-state index contributed by atoms with van der Waals surface area (Å²) >= 11 is 0. The molecule has 2 fully saturated rings. The average Bonchev–Trinajstić information content (AvgIpc) is 3.24. The van der Waals surface area contributed by atoms with E-state index < -0.39 is 0 Å². The maximum absolute atomic E-state index is 11.5.